The molecular formula is C14H16F2N2O3S. The number of halogens is 2. The van der Waals surface area contributed by atoms with Crippen LogP contribution in [-0.2, 0) is 14.6 Å². The van der Waals surface area contributed by atoms with Gasteiger partial charge in [-0.25, -0.2) is 17.2 Å². The topological polar surface area (TPSA) is 87.0 Å². The van der Waals surface area contributed by atoms with Crippen LogP contribution in [0.15, 0.2) is 18.2 Å². The Balaban J connectivity index is 3.01. The molecule has 1 aromatic rings. The molecule has 0 fully saturated rings. The van der Waals surface area contributed by atoms with Crippen molar-refractivity contribution in [3.63, 3.8) is 0 Å². The molecule has 0 aliphatic rings. The van der Waals surface area contributed by atoms with Gasteiger partial charge < -0.3 is 5.32 Å². The Kier molecular flexibility index (Phi) is 5.60. The molecular weight excluding hydrogens is 314 g/mol. The molecule has 2 atom stereocenters. The average molecular weight is 330 g/mol. The van der Waals surface area contributed by atoms with Crippen molar-refractivity contribution in [3.8, 4) is 6.07 Å². The summed E-state index contributed by atoms with van der Waals surface area (Å²) in [6.45, 7) is 4.06. The molecule has 0 bridgehead atoms. The molecule has 1 N–H and O–H groups in total. The summed E-state index contributed by atoms with van der Waals surface area (Å²) in [6, 6.07) is 2.81. The first kappa shape index (κ1) is 18.0. The second-order valence-electron chi connectivity index (χ2n) is 5.02. The number of carbonyl (C=O) groups is 1. The summed E-state index contributed by atoms with van der Waals surface area (Å²) in [7, 11) is -3.70. The van der Waals surface area contributed by atoms with Crippen molar-refractivity contribution in [2.45, 2.75) is 37.3 Å². The van der Waals surface area contributed by atoms with Crippen molar-refractivity contribution in [1.29, 1.82) is 5.26 Å². The molecule has 5 nitrogen and oxygen atoms in total. The van der Waals surface area contributed by atoms with Gasteiger partial charge in [0, 0.05) is 11.6 Å². The van der Waals surface area contributed by atoms with Crippen LogP contribution in [0.1, 0.15) is 32.4 Å². The summed E-state index contributed by atoms with van der Waals surface area (Å²) in [6.07, 6.45) is 0. The molecule has 1 rings (SSSR count). The highest BCUT2D eigenvalue weighted by Gasteiger charge is 2.32. The van der Waals surface area contributed by atoms with E-state index in [4.69, 9.17) is 5.26 Å². The molecule has 0 saturated carbocycles. The van der Waals surface area contributed by atoms with Crippen LogP contribution in [0.2, 0.25) is 0 Å². The smallest absolute Gasteiger partial charge is 0.239 e. The largest absolute Gasteiger partial charge is 0.335 e. The summed E-state index contributed by atoms with van der Waals surface area (Å²) >= 11 is 0. The first-order valence-electron chi connectivity index (χ1n) is 6.49. The van der Waals surface area contributed by atoms with Gasteiger partial charge in [0.05, 0.1) is 11.3 Å². The number of nitrogens with one attached hydrogen (secondary N) is 1. The third-order valence-electron chi connectivity index (χ3n) is 3.21. The Morgan fingerprint density at radius 1 is 1.27 bits per heavy atom. The molecule has 0 radical (unpaired) electrons. The minimum atomic E-state index is -3.70. The second-order valence-corrected chi connectivity index (χ2v) is 7.84. The Bertz CT molecular complexity index is 711. The lowest BCUT2D eigenvalue weighted by Gasteiger charge is -2.18. The standard InChI is InChI=1S/C14H16F2N2O3S/c1-8(2)22(20,21)9(3)14(19)18-13(7-17)11-5-4-10(15)6-12(11)16/h4-6,8-9,13H,1-3H3,(H,18,19)/t9-,13+/m0/s1. The van der Waals surface area contributed by atoms with Crippen molar-refractivity contribution in [2.75, 3.05) is 0 Å². The highest BCUT2D eigenvalue weighted by Crippen LogP contribution is 2.19. The van der Waals surface area contributed by atoms with Crippen molar-refractivity contribution >= 4 is 15.7 Å². The van der Waals surface area contributed by atoms with E-state index in [1.165, 1.54) is 20.8 Å². The maximum absolute atomic E-state index is 13.6. The van der Waals surface area contributed by atoms with E-state index in [0.717, 1.165) is 12.1 Å². The van der Waals surface area contributed by atoms with Gasteiger partial charge in [-0.3, -0.25) is 4.79 Å². The summed E-state index contributed by atoms with van der Waals surface area (Å²) in [4.78, 5) is 12.0. The van der Waals surface area contributed by atoms with Crippen LogP contribution >= 0.6 is 0 Å². The maximum Gasteiger partial charge on any atom is 0.239 e. The van der Waals surface area contributed by atoms with E-state index in [9.17, 15) is 22.0 Å². The van der Waals surface area contributed by atoms with E-state index in [1.54, 1.807) is 6.07 Å². The molecule has 0 heterocycles. The van der Waals surface area contributed by atoms with Crippen LogP contribution < -0.4 is 5.32 Å². The predicted octanol–water partition coefficient (Wildman–Crippen LogP) is 1.86. The van der Waals surface area contributed by atoms with Crippen LogP contribution in [-0.4, -0.2) is 24.8 Å². The third kappa shape index (κ3) is 3.80. The Morgan fingerprint density at radius 2 is 1.86 bits per heavy atom. The molecule has 1 amide bonds. The van der Waals surface area contributed by atoms with Gasteiger partial charge in [0.1, 0.15) is 22.9 Å². The molecule has 0 saturated heterocycles. The van der Waals surface area contributed by atoms with Crippen LogP contribution in [0.4, 0.5) is 8.78 Å². The Hall–Kier alpha value is -2.01. The molecule has 22 heavy (non-hydrogen) atoms. The molecule has 0 aromatic heterocycles. The third-order valence-corrected chi connectivity index (χ3v) is 5.72. The number of sulfone groups is 1. The normalized spacial score (nSPS) is 14.2. The van der Waals surface area contributed by atoms with E-state index in [-0.39, 0.29) is 5.56 Å². The lowest BCUT2D eigenvalue weighted by Crippen LogP contribution is -2.42. The minimum Gasteiger partial charge on any atom is -0.335 e. The highest BCUT2D eigenvalue weighted by atomic mass is 32.2. The SMILES string of the molecule is CC(C)S(=O)(=O)[C@@H](C)C(=O)N[C@H](C#N)c1ccc(F)cc1F. The van der Waals surface area contributed by atoms with Gasteiger partial charge in [-0.1, -0.05) is 6.07 Å². The van der Waals surface area contributed by atoms with Gasteiger partial charge in [-0.05, 0) is 26.8 Å². The van der Waals surface area contributed by atoms with Gasteiger partial charge >= 0.3 is 0 Å². The fourth-order valence-corrected chi connectivity index (χ4v) is 2.92. The first-order chi connectivity index (χ1) is 10.1. The molecule has 8 heteroatoms. The van der Waals surface area contributed by atoms with Gasteiger partial charge in [0.15, 0.2) is 9.84 Å². The molecule has 0 spiro atoms. The lowest BCUT2D eigenvalue weighted by molar-refractivity contribution is -0.120. The van der Waals surface area contributed by atoms with Gasteiger partial charge in [0.25, 0.3) is 0 Å². The molecule has 0 unspecified atom stereocenters. The van der Waals surface area contributed by atoms with Gasteiger partial charge in [-0.2, -0.15) is 5.26 Å². The summed E-state index contributed by atoms with van der Waals surface area (Å²) in [5.74, 6) is -2.73. The zero-order valence-corrected chi connectivity index (χ0v) is 13.1. The average Bonchev–Trinajstić information content (AvgIpc) is 2.44. The quantitative estimate of drug-likeness (QED) is 0.892. The van der Waals surface area contributed by atoms with Gasteiger partial charge in [-0.15, -0.1) is 0 Å². The zero-order chi connectivity index (χ0) is 17.1. The van der Waals surface area contributed by atoms with Crippen molar-refractivity contribution in [3.05, 3.63) is 35.4 Å². The summed E-state index contributed by atoms with van der Waals surface area (Å²) in [5, 5.41) is 9.05. The van der Waals surface area contributed by atoms with Crippen molar-refractivity contribution in [1.82, 2.24) is 5.32 Å². The van der Waals surface area contributed by atoms with Crippen LogP contribution in [0.25, 0.3) is 0 Å². The number of amides is 1. The van der Waals surface area contributed by atoms with Crippen LogP contribution in [0.3, 0.4) is 0 Å². The molecule has 0 aliphatic carbocycles. The number of nitriles is 1. The maximum atomic E-state index is 13.6. The monoisotopic (exact) mass is 330 g/mol. The fourth-order valence-electron chi connectivity index (χ4n) is 1.73. The number of hydrogen-bond donors (Lipinski definition) is 1. The lowest BCUT2D eigenvalue weighted by atomic mass is 10.1. The van der Waals surface area contributed by atoms with Crippen molar-refractivity contribution < 1.29 is 22.0 Å². The number of benzene rings is 1. The van der Waals surface area contributed by atoms with Crippen molar-refractivity contribution in [2.24, 2.45) is 0 Å². The van der Waals surface area contributed by atoms with Gasteiger partial charge in [0.2, 0.25) is 5.91 Å². The van der Waals surface area contributed by atoms with E-state index in [2.05, 4.69) is 5.32 Å². The predicted molar refractivity (Wildman–Crippen MR) is 76.4 cm³/mol. The van der Waals surface area contributed by atoms with E-state index in [0.29, 0.717) is 6.07 Å². The highest BCUT2D eigenvalue weighted by molar-refractivity contribution is 7.93. The zero-order valence-electron chi connectivity index (χ0n) is 12.3. The van der Waals surface area contributed by atoms with Crippen LogP contribution in [0, 0.1) is 23.0 Å². The number of carbonyl (C=O) groups excluding carboxylic acids is 1. The van der Waals surface area contributed by atoms with Crippen LogP contribution in [0.5, 0.6) is 0 Å². The summed E-state index contributed by atoms with van der Waals surface area (Å²) in [5.41, 5.74) is -0.230. The fraction of sp³-hybridized carbons (Fsp3) is 0.429. The Labute approximate surface area is 127 Å². The number of nitrogens with zero attached hydrogens (tertiary/aromatic N) is 1. The number of rotatable bonds is 5. The van der Waals surface area contributed by atoms with E-state index >= 15 is 0 Å². The summed E-state index contributed by atoms with van der Waals surface area (Å²) < 4.78 is 50.3. The number of hydrogen-bond acceptors (Lipinski definition) is 4. The molecule has 1 aromatic carbocycles. The second kappa shape index (κ2) is 6.83. The van der Waals surface area contributed by atoms with E-state index < -0.39 is 43.9 Å². The first-order valence-corrected chi connectivity index (χ1v) is 8.09. The Morgan fingerprint density at radius 3 is 2.32 bits per heavy atom. The molecule has 0 aliphatic heterocycles. The van der Waals surface area contributed by atoms with E-state index in [1.807, 2.05) is 0 Å². The minimum absolute atomic E-state index is 0.230. The molecule has 120 valence electrons.